The number of rotatable bonds is 9. The number of aliphatic carboxylic acids is 1. The van der Waals surface area contributed by atoms with Crippen LogP contribution in [0.3, 0.4) is 0 Å². The lowest BCUT2D eigenvalue weighted by atomic mass is 10.2. The van der Waals surface area contributed by atoms with Crippen LogP contribution in [0.25, 0.3) is 10.6 Å². The molecule has 1 N–H and O–H groups in total. The molecule has 0 amide bonds. The Morgan fingerprint density at radius 1 is 1.14 bits per heavy atom. The number of piperazine rings is 1. The number of hydrogen-bond acceptors (Lipinski definition) is 10. The van der Waals surface area contributed by atoms with Gasteiger partial charge in [0.1, 0.15) is 16.5 Å². The molecule has 1 atom stereocenters. The summed E-state index contributed by atoms with van der Waals surface area (Å²) in [5, 5.41) is 11.9. The highest BCUT2D eigenvalue weighted by molar-refractivity contribution is 7.15. The van der Waals surface area contributed by atoms with E-state index in [1.54, 1.807) is 35.1 Å². The summed E-state index contributed by atoms with van der Waals surface area (Å²) < 4.78 is 0. The number of nitrogens with zero attached hydrogens (tertiary/aromatic N) is 6. The molecule has 0 aliphatic carbocycles. The smallest absolute Gasteiger partial charge is 0.317 e. The number of thiophene rings is 1. The predicted octanol–water partition coefficient (Wildman–Crippen LogP) is 3.59. The van der Waals surface area contributed by atoms with Crippen LogP contribution in [0.5, 0.6) is 0 Å². The van der Waals surface area contributed by atoms with Gasteiger partial charge in [-0.3, -0.25) is 19.4 Å². The van der Waals surface area contributed by atoms with Crippen molar-refractivity contribution in [2.45, 2.75) is 45.7 Å². The Morgan fingerprint density at radius 2 is 1.95 bits per heavy atom. The van der Waals surface area contributed by atoms with Crippen LogP contribution in [0.1, 0.15) is 45.7 Å². The highest BCUT2D eigenvalue weighted by Gasteiger charge is 2.25. The lowest BCUT2D eigenvalue weighted by Crippen LogP contribution is -2.48. The number of Topliss-reactive ketones (excluding diaryl/α,β-unsaturated/α-hetero) is 1. The molecule has 3 aromatic rings. The standard InChI is InChI=1S/C26H32N6O3S2/c1-17-10-21(36-16-17)26-22(14-32-5-3-4-18(32)2)37-24(29-26)11-20(33)19-12-28-23(13-27-19)31-8-6-30(7-9-31)15-25(34)35/h10,12-13,16,18H,3-9,11,14-15H2,1-2H3,(H,34,35)/t18-/m1/s1. The van der Waals surface area contributed by atoms with Crippen molar-refractivity contribution in [1.82, 2.24) is 24.8 Å². The van der Waals surface area contributed by atoms with Gasteiger partial charge >= 0.3 is 5.97 Å². The Hall–Kier alpha value is -2.73. The maximum absolute atomic E-state index is 13.1. The fourth-order valence-electron chi connectivity index (χ4n) is 4.93. The topological polar surface area (TPSA) is 103 Å². The summed E-state index contributed by atoms with van der Waals surface area (Å²) in [4.78, 5) is 46.7. The van der Waals surface area contributed by atoms with E-state index in [0.717, 1.165) is 28.7 Å². The SMILES string of the molecule is Cc1csc(-c2nc(CC(=O)c3cnc(N4CCN(CC(=O)O)CC4)cn3)sc2CN2CCC[C@H]2C)c1. The summed E-state index contributed by atoms with van der Waals surface area (Å²) in [5.74, 6) is -0.195. The van der Waals surface area contributed by atoms with Gasteiger partial charge in [0, 0.05) is 43.6 Å². The van der Waals surface area contributed by atoms with Crippen molar-refractivity contribution in [3.05, 3.63) is 45.0 Å². The second-order valence-electron chi connectivity index (χ2n) is 9.85. The van der Waals surface area contributed by atoms with Crippen molar-refractivity contribution in [3.8, 4) is 10.6 Å². The van der Waals surface area contributed by atoms with E-state index < -0.39 is 5.97 Å². The molecule has 11 heteroatoms. The highest BCUT2D eigenvalue weighted by atomic mass is 32.1. The number of aromatic nitrogens is 3. The van der Waals surface area contributed by atoms with Crippen molar-refractivity contribution in [1.29, 1.82) is 0 Å². The zero-order valence-electron chi connectivity index (χ0n) is 21.2. The number of carbonyl (C=O) groups is 2. The van der Waals surface area contributed by atoms with Crippen LogP contribution < -0.4 is 4.90 Å². The Morgan fingerprint density at radius 3 is 2.57 bits per heavy atom. The summed E-state index contributed by atoms with van der Waals surface area (Å²) in [6.07, 6.45) is 5.85. The van der Waals surface area contributed by atoms with Crippen molar-refractivity contribution in [3.63, 3.8) is 0 Å². The number of anilines is 1. The minimum Gasteiger partial charge on any atom is -0.480 e. The monoisotopic (exact) mass is 540 g/mol. The Kier molecular flexibility index (Phi) is 7.94. The summed E-state index contributed by atoms with van der Waals surface area (Å²) in [5.41, 5.74) is 2.57. The van der Waals surface area contributed by atoms with Gasteiger partial charge in [0.05, 0.1) is 35.9 Å². The molecule has 0 aromatic carbocycles. The van der Waals surface area contributed by atoms with Crippen LogP contribution in [0.15, 0.2) is 23.8 Å². The molecule has 37 heavy (non-hydrogen) atoms. The molecule has 0 unspecified atom stereocenters. The third-order valence-corrected chi connectivity index (χ3v) is 9.13. The lowest BCUT2D eigenvalue weighted by molar-refractivity contribution is -0.138. The van der Waals surface area contributed by atoms with Gasteiger partial charge in [0.25, 0.3) is 0 Å². The fraction of sp³-hybridized carbons (Fsp3) is 0.500. The van der Waals surface area contributed by atoms with Gasteiger partial charge in [0.15, 0.2) is 5.78 Å². The lowest BCUT2D eigenvalue weighted by Gasteiger charge is -2.34. The van der Waals surface area contributed by atoms with E-state index >= 15 is 0 Å². The first-order valence-corrected chi connectivity index (χ1v) is 14.4. The number of hydrogen-bond donors (Lipinski definition) is 1. The van der Waals surface area contributed by atoms with Gasteiger partial charge in [-0.15, -0.1) is 22.7 Å². The molecule has 2 aliphatic rings. The number of likely N-dealkylation sites (tertiary alicyclic amines) is 1. The van der Waals surface area contributed by atoms with Crippen molar-refractivity contribution < 1.29 is 14.7 Å². The number of thiazole rings is 1. The molecule has 9 nitrogen and oxygen atoms in total. The van der Waals surface area contributed by atoms with Crippen LogP contribution in [-0.2, 0) is 17.8 Å². The van der Waals surface area contributed by atoms with Gasteiger partial charge in [-0.25, -0.2) is 15.0 Å². The number of carboxylic acids is 1. The molecule has 2 aliphatic heterocycles. The summed E-state index contributed by atoms with van der Waals surface area (Å²) in [6.45, 7) is 9.07. The van der Waals surface area contributed by atoms with E-state index in [2.05, 4.69) is 45.1 Å². The fourth-order valence-corrected chi connectivity index (χ4v) is 7.01. The third kappa shape index (κ3) is 6.23. The Balaban J connectivity index is 1.26. The Labute approximate surface area is 224 Å². The second-order valence-corrected chi connectivity index (χ2v) is 11.9. The zero-order valence-corrected chi connectivity index (χ0v) is 22.9. The van der Waals surface area contributed by atoms with E-state index in [4.69, 9.17) is 10.1 Å². The summed E-state index contributed by atoms with van der Waals surface area (Å²) in [6, 6.07) is 2.74. The molecule has 0 bridgehead atoms. The molecular weight excluding hydrogens is 508 g/mol. The van der Waals surface area contributed by atoms with Crippen LogP contribution >= 0.6 is 22.7 Å². The number of aryl methyl sites for hydroxylation is 1. The van der Waals surface area contributed by atoms with Gasteiger partial charge in [-0.1, -0.05) is 0 Å². The minimum absolute atomic E-state index is 0.0519. The summed E-state index contributed by atoms with van der Waals surface area (Å²) in [7, 11) is 0. The third-order valence-electron chi connectivity index (χ3n) is 7.03. The first-order chi connectivity index (χ1) is 17.9. The zero-order chi connectivity index (χ0) is 25.9. The van der Waals surface area contributed by atoms with Gasteiger partial charge < -0.3 is 10.0 Å². The maximum Gasteiger partial charge on any atom is 0.317 e. The van der Waals surface area contributed by atoms with Crippen LogP contribution in [-0.4, -0.2) is 86.9 Å². The number of carboxylic acid groups (broad SMARTS) is 1. The van der Waals surface area contributed by atoms with E-state index in [-0.39, 0.29) is 18.7 Å². The molecular formula is C26H32N6O3S2. The van der Waals surface area contributed by atoms with E-state index in [1.807, 2.05) is 4.90 Å². The average molecular weight is 541 g/mol. The first-order valence-electron chi connectivity index (χ1n) is 12.7. The molecule has 196 valence electrons. The van der Waals surface area contributed by atoms with Crippen LogP contribution in [0, 0.1) is 6.92 Å². The number of carbonyl (C=O) groups excluding carboxylic acids is 1. The Bertz CT molecular complexity index is 1250. The molecule has 0 spiro atoms. The van der Waals surface area contributed by atoms with E-state index in [9.17, 15) is 9.59 Å². The van der Waals surface area contributed by atoms with Gasteiger partial charge in [0.2, 0.25) is 0 Å². The van der Waals surface area contributed by atoms with Gasteiger partial charge in [-0.05, 0) is 50.2 Å². The molecule has 0 radical (unpaired) electrons. The van der Waals surface area contributed by atoms with Crippen LogP contribution in [0.4, 0.5) is 5.82 Å². The van der Waals surface area contributed by atoms with Crippen molar-refractivity contribution in [2.24, 2.45) is 0 Å². The molecule has 5 rings (SSSR count). The normalized spacial score (nSPS) is 19.0. The maximum atomic E-state index is 13.1. The largest absolute Gasteiger partial charge is 0.480 e. The first kappa shape index (κ1) is 25.9. The molecule has 0 saturated carbocycles. The van der Waals surface area contributed by atoms with Crippen molar-refractivity contribution in [2.75, 3.05) is 44.2 Å². The second kappa shape index (κ2) is 11.3. The predicted molar refractivity (Wildman–Crippen MR) is 146 cm³/mol. The van der Waals surface area contributed by atoms with Crippen LogP contribution in [0.2, 0.25) is 0 Å². The van der Waals surface area contributed by atoms with Crippen molar-refractivity contribution >= 4 is 40.2 Å². The minimum atomic E-state index is -0.813. The highest BCUT2D eigenvalue weighted by Crippen LogP contribution is 2.35. The number of ketones is 1. The van der Waals surface area contributed by atoms with E-state index in [1.165, 1.54) is 23.3 Å². The molecule has 5 heterocycles. The van der Waals surface area contributed by atoms with Gasteiger partial charge in [-0.2, -0.15) is 0 Å². The summed E-state index contributed by atoms with van der Waals surface area (Å²) >= 11 is 3.34. The quantitative estimate of drug-likeness (QED) is 0.408. The average Bonchev–Trinajstić information content (AvgIpc) is 3.60. The van der Waals surface area contributed by atoms with E-state index in [0.29, 0.717) is 43.7 Å². The molecule has 2 fully saturated rings. The molecule has 3 aromatic heterocycles. The molecule has 2 saturated heterocycles.